The molecule has 0 aromatic carbocycles. The number of rotatable bonds is 3. The smallest absolute Gasteiger partial charge is 0.323 e. The zero-order valence-corrected chi connectivity index (χ0v) is 9.53. The summed E-state index contributed by atoms with van der Waals surface area (Å²) in [6.45, 7) is 1.82. The lowest BCUT2D eigenvalue weighted by atomic mass is 10.2. The van der Waals surface area contributed by atoms with E-state index >= 15 is 0 Å². The summed E-state index contributed by atoms with van der Waals surface area (Å²) in [6.07, 6.45) is 3.02. The lowest BCUT2D eigenvalue weighted by Crippen LogP contribution is -2.27. The van der Waals surface area contributed by atoms with Crippen molar-refractivity contribution in [3.8, 4) is 0 Å². The second kappa shape index (κ2) is 4.08. The lowest BCUT2D eigenvalue weighted by Gasteiger charge is -2.19. The summed E-state index contributed by atoms with van der Waals surface area (Å²) >= 11 is 0. The van der Waals surface area contributed by atoms with Gasteiger partial charge < -0.3 is 10.0 Å². The molecule has 0 unspecified atom stereocenters. The van der Waals surface area contributed by atoms with E-state index in [9.17, 15) is 4.79 Å². The fraction of sp³-hybridized carbons (Fsp3) is 0.545. The van der Waals surface area contributed by atoms with E-state index in [0.29, 0.717) is 5.82 Å². The molecule has 0 amide bonds. The van der Waals surface area contributed by atoms with Crippen LogP contribution in [-0.4, -0.2) is 34.6 Å². The molecule has 0 radical (unpaired) electrons. The van der Waals surface area contributed by atoms with Crippen molar-refractivity contribution in [2.75, 3.05) is 18.5 Å². The molecule has 5 heteroatoms. The second-order valence-electron chi connectivity index (χ2n) is 4.12. The van der Waals surface area contributed by atoms with E-state index < -0.39 is 5.97 Å². The summed E-state index contributed by atoms with van der Waals surface area (Å²) in [5.41, 5.74) is 2.20. The van der Waals surface area contributed by atoms with Crippen molar-refractivity contribution < 1.29 is 9.90 Å². The largest absolute Gasteiger partial charge is 0.480 e. The third kappa shape index (κ3) is 1.98. The predicted octanol–water partition coefficient (Wildman–Crippen LogP) is 0.795. The van der Waals surface area contributed by atoms with Crippen molar-refractivity contribution in [1.29, 1.82) is 0 Å². The van der Waals surface area contributed by atoms with Crippen LogP contribution in [0.25, 0.3) is 0 Å². The maximum absolute atomic E-state index is 10.7. The summed E-state index contributed by atoms with van der Waals surface area (Å²) in [5.74, 6) is 0.654. The summed E-state index contributed by atoms with van der Waals surface area (Å²) in [7, 11) is 1.76. The van der Waals surface area contributed by atoms with Gasteiger partial charge in [0.2, 0.25) is 0 Å². The molecule has 1 heterocycles. The predicted molar refractivity (Wildman–Crippen MR) is 59.7 cm³/mol. The number of nitrogens with zero attached hydrogens (tertiary/aromatic N) is 3. The number of anilines is 1. The Kier molecular flexibility index (Phi) is 2.77. The van der Waals surface area contributed by atoms with E-state index in [1.807, 2.05) is 6.92 Å². The van der Waals surface area contributed by atoms with Gasteiger partial charge in [-0.1, -0.05) is 0 Å². The van der Waals surface area contributed by atoms with Crippen LogP contribution in [0, 0.1) is 6.92 Å². The van der Waals surface area contributed by atoms with E-state index in [0.717, 1.165) is 36.3 Å². The third-order valence-corrected chi connectivity index (χ3v) is 2.76. The van der Waals surface area contributed by atoms with Crippen LogP contribution >= 0.6 is 0 Å². The zero-order chi connectivity index (χ0) is 11.7. The molecular formula is C11H15N3O2. The molecular weight excluding hydrogens is 206 g/mol. The number of hydrogen-bond acceptors (Lipinski definition) is 4. The summed E-state index contributed by atoms with van der Waals surface area (Å²) in [6, 6.07) is 0. The van der Waals surface area contributed by atoms with Crippen molar-refractivity contribution in [2.24, 2.45) is 0 Å². The van der Waals surface area contributed by atoms with Crippen molar-refractivity contribution in [2.45, 2.75) is 26.2 Å². The molecule has 1 aliphatic rings. The minimum absolute atomic E-state index is 0.0249. The first-order valence-electron chi connectivity index (χ1n) is 5.37. The highest BCUT2D eigenvalue weighted by atomic mass is 16.4. The second-order valence-corrected chi connectivity index (χ2v) is 4.12. The fourth-order valence-corrected chi connectivity index (χ4v) is 2.13. The Morgan fingerprint density at radius 3 is 2.88 bits per heavy atom. The first-order chi connectivity index (χ1) is 7.58. The SMILES string of the molecule is Cc1nc2c(c(N(C)CC(=O)O)n1)CCC2. The first-order valence-corrected chi connectivity index (χ1v) is 5.37. The molecule has 1 aliphatic carbocycles. The number of aromatic nitrogens is 2. The van der Waals surface area contributed by atoms with Gasteiger partial charge >= 0.3 is 5.97 Å². The molecule has 2 rings (SSSR count). The highest BCUT2D eigenvalue weighted by molar-refractivity contribution is 5.73. The van der Waals surface area contributed by atoms with Crippen LogP contribution in [-0.2, 0) is 17.6 Å². The Balaban J connectivity index is 2.36. The van der Waals surface area contributed by atoms with Gasteiger partial charge in [-0.3, -0.25) is 4.79 Å². The van der Waals surface area contributed by atoms with Gasteiger partial charge in [0.25, 0.3) is 0 Å². The van der Waals surface area contributed by atoms with E-state index in [1.165, 1.54) is 0 Å². The normalized spacial score (nSPS) is 13.6. The molecule has 5 nitrogen and oxygen atoms in total. The highest BCUT2D eigenvalue weighted by Crippen LogP contribution is 2.27. The van der Waals surface area contributed by atoms with Gasteiger partial charge in [-0.15, -0.1) is 0 Å². The van der Waals surface area contributed by atoms with Crippen molar-refractivity contribution >= 4 is 11.8 Å². The molecule has 0 atom stereocenters. The number of carboxylic acid groups (broad SMARTS) is 1. The lowest BCUT2D eigenvalue weighted by molar-refractivity contribution is -0.135. The topological polar surface area (TPSA) is 66.3 Å². The Morgan fingerprint density at radius 1 is 1.44 bits per heavy atom. The number of likely N-dealkylation sites (N-methyl/N-ethyl adjacent to an activating group) is 1. The van der Waals surface area contributed by atoms with Crippen LogP contribution < -0.4 is 4.90 Å². The van der Waals surface area contributed by atoms with Crippen LogP contribution in [0.2, 0.25) is 0 Å². The fourth-order valence-electron chi connectivity index (χ4n) is 2.13. The summed E-state index contributed by atoms with van der Waals surface area (Å²) < 4.78 is 0. The van der Waals surface area contributed by atoms with Crippen molar-refractivity contribution in [3.63, 3.8) is 0 Å². The standard InChI is InChI=1S/C11H15N3O2/c1-7-12-9-5-3-4-8(9)11(13-7)14(2)6-10(15)16/h3-6H2,1-2H3,(H,15,16). The molecule has 0 fully saturated rings. The van der Waals surface area contributed by atoms with Crippen LogP contribution in [0.3, 0.4) is 0 Å². The molecule has 1 aromatic rings. The van der Waals surface area contributed by atoms with Gasteiger partial charge in [-0.2, -0.15) is 0 Å². The molecule has 1 aromatic heterocycles. The monoisotopic (exact) mass is 221 g/mol. The van der Waals surface area contributed by atoms with E-state index in [1.54, 1.807) is 11.9 Å². The molecule has 86 valence electrons. The van der Waals surface area contributed by atoms with Gasteiger partial charge in [0.1, 0.15) is 18.2 Å². The Bertz CT molecular complexity index is 431. The first kappa shape index (κ1) is 10.9. The molecule has 16 heavy (non-hydrogen) atoms. The zero-order valence-electron chi connectivity index (χ0n) is 9.53. The van der Waals surface area contributed by atoms with E-state index in [2.05, 4.69) is 9.97 Å². The van der Waals surface area contributed by atoms with Crippen LogP contribution in [0.15, 0.2) is 0 Å². The van der Waals surface area contributed by atoms with Gasteiger partial charge in [0.15, 0.2) is 0 Å². The van der Waals surface area contributed by atoms with E-state index in [-0.39, 0.29) is 6.54 Å². The Hall–Kier alpha value is -1.65. The highest BCUT2D eigenvalue weighted by Gasteiger charge is 2.21. The molecule has 0 bridgehead atoms. The van der Waals surface area contributed by atoms with Gasteiger partial charge in [0.05, 0.1) is 0 Å². The third-order valence-electron chi connectivity index (χ3n) is 2.76. The number of aryl methyl sites for hydroxylation is 2. The molecule has 1 N–H and O–H groups in total. The van der Waals surface area contributed by atoms with E-state index in [4.69, 9.17) is 5.11 Å². The number of carboxylic acids is 1. The number of carbonyl (C=O) groups is 1. The van der Waals surface area contributed by atoms with Crippen molar-refractivity contribution in [1.82, 2.24) is 9.97 Å². The maximum atomic E-state index is 10.7. The number of hydrogen-bond donors (Lipinski definition) is 1. The average molecular weight is 221 g/mol. The Labute approximate surface area is 94.1 Å². The molecule has 0 saturated carbocycles. The minimum Gasteiger partial charge on any atom is -0.480 e. The summed E-state index contributed by atoms with van der Waals surface area (Å²) in [4.78, 5) is 21.1. The summed E-state index contributed by atoms with van der Waals surface area (Å²) in [5, 5.41) is 8.78. The number of aliphatic carboxylic acids is 1. The van der Waals surface area contributed by atoms with Crippen LogP contribution in [0.5, 0.6) is 0 Å². The van der Waals surface area contributed by atoms with Crippen LogP contribution in [0.4, 0.5) is 5.82 Å². The quantitative estimate of drug-likeness (QED) is 0.817. The average Bonchev–Trinajstić information content (AvgIpc) is 2.62. The Morgan fingerprint density at radius 2 is 2.19 bits per heavy atom. The van der Waals surface area contributed by atoms with Crippen LogP contribution in [0.1, 0.15) is 23.5 Å². The maximum Gasteiger partial charge on any atom is 0.323 e. The molecule has 0 saturated heterocycles. The minimum atomic E-state index is -0.842. The van der Waals surface area contributed by atoms with Gasteiger partial charge in [0, 0.05) is 18.3 Å². The van der Waals surface area contributed by atoms with Gasteiger partial charge in [-0.25, -0.2) is 9.97 Å². The number of fused-ring (bicyclic) bond motifs is 1. The van der Waals surface area contributed by atoms with Gasteiger partial charge in [-0.05, 0) is 26.2 Å². The van der Waals surface area contributed by atoms with Crippen molar-refractivity contribution in [3.05, 3.63) is 17.1 Å². The molecule has 0 spiro atoms. The molecule has 0 aliphatic heterocycles.